The highest BCUT2D eigenvalue weighted by molar-refractivity contribution is 5.30. The molecule has 3 heteroatoms. The van der Waals surface area contributed by atoms with Crippen LogP contribution in [0.15, 0.2) is 84.9 Å². The Bertz CT molecular complexity index is 903. The predicted octanol–water partition coefficient (Wildman–Crippen LogP) is 5.73. The summed E-state index contributed by atoms with van der Waals surface area (Å²) in [5.74, 6) is 1.84. The molecule has 0 amide bonds. The second-order valence-electron chi connectivity index (χ2n) is 9.04. The van der Waals surface area contributed by atoms with Crippen LogP contribution >= 0.6 is 0 Å². The Morgan fingerprint density at radius 2 is 1.41 bits per heavy atom. The Labute approximate surface area is 192 Å². The SMILES string of the molecule is OCC(CN[C@H]1CC[C@H](c2ccc(OCc3ccccc3)cc2)CC1)Cc1ccccc1. The summed E-state index contributed by atoms with van der Waals surface area (Å²) in [4.78, 5) is 0. The van der Waals surface area contributed by atoms with Crippen LogP contribution < -0.4 is 10.1 Å². The van der Waals surface area contributed by atoms with Crippen molar-refractivity contribution in [3.63, 3.8) is 0 Å². The first-order chi connectivity index (χ1) is 15.8. The Morgan fingerprint density at radius 3 is 2.03 bits per heavy atom. The van der Waals surface area contributed by atoms with Crippen LogP contribution in [0.25, 0.3) is 0 Å². The van der Waals surface area contributed by atoms with Gasteiger partial charge in [0.05, 0.1) is 0 Å². The van der Waals surface area contributed by atoms with E-state index >= 15 is 0 Å². The minimum absolute atomic E-state index is 0.232. The molecular weight excluding hydrogens is 394 g/mol. The summed E-state index contributed by atoms with van der Waals surface area (Å²) in [6, 6.07) is 30.0. The molecule has 0 heterocycles. The van der Waals surface area contributed by atoms with Crippen molar-refractivity contribution < 1.29 is 9.84 Å². The van der Waals surface area contributed by atoms with E-state index in [-0.39, 0.29) is 12.5 Å². The predicted molar refractivity (Wildman–Crippen MR) is 131 cm³/mol. The fourth-order valence-electron chi connectivity index (χ4n) is 4.69. The number of rotatable bonds is 10. The second kappa shape index (κ2) is 11.8. The van der Waals surface area contributed by atoms with E-state index in [4.69, 9.17) is 4.74 Å². The van der Waals surface area contributed by atoms with Gasteiger partial charge < -0.3 is 15.2 Å². The quantitative estimate of drug-likeness (QED) is 0.432. The number of aliphatic hydroxyl groups is 1. The summed E-state index contributed by atoms with van der Waals surface area (Å²) in [5.41, 5.74) is 3.91. The summed E-state index contributed by atoms with van der Waals surface area (Å²) < 4.78 is 5.93. The highest BCUT2D eigenvalue weighted by Crippen LogP contribution is 2.33. The molecule has 0 bridgehead atoms. The van der Waals surface area contributed by atoms with Crippen molar-refractivity contribution >= 4 is 0 Å². The Balaban J connectivity index is 1.19. The summed E-state index contributed by atoms with van der Waals surface area (Å²) in [7, 11) is 0. The molecule has 0 spiro atoms. The van der Waals surface area contributed by atoms with Crippen molar-refractivity contribution in [1.29, 1.82) is 0 Å². The van der Waals surface area contributed by atoms with Gasteiger partial charge in [-0.1, -0.05) is 72.8 Å². The minimum atomic E-state index is 0.232. The zero-order valence-corrected chi connectivity index (χ0v) is 18.8. The molecule has 4 rings (SSSR count). The lowest BCUT2D eigenvalue weighted by molar-refractivity contribution is 0.212. The van der Waals surface area contributed by atoms with Gasteiger partial charge in [-0.05, 0) is 72.8 Å². The maximum atomic E-state index is 9.78. The second-order valence-corrected chi connectivity index (χ2v) is 9.04. The van der Waals surface area contributed by atoms with Gasteiger partial charge in [0.2, 0.25) is 0 Å². The molecule has 0 aromatic heterocycles. The van der Waals surface area contributed by atoms with Crippen molar-refractivity contribution in [2.45, 2.75) is 50.7 Å². The number of nitrogens with one attached hydrogen (secondary N) is 1. The highest BCUT2D eigenvalue weighted by atomic mass is 16.5. The monoisotopic (exact) mass is 429 g/mol. The van der Waals surface area contributed by atoms with Gasteiger partial charge in [0.25, 0.3) is 0 Å². The van der Waals surface area contributed by atoms with Crippen molar-refractivity contribution in [2.75, 3.05) is 13.2 Å². The van der Waals surface area contributed by atoms with Gasteiger partial charge in [-0.2, -0.15) is 0 Å². The largest absolute Gasteiger partial charge is 0.489 e. The molecule has 2 N–H and O–H groups in total. The zero-order chi connectivity index (χ0) is 22.0. The summed E-state index contributed by atoms with van der Waals surface area (Å²) in [6.07, 6.45) is 5.74. The summed E-state index contributed by atoms with van der Waals surface area (Å²) in [6.45, 7) is 1.72. The minimum Gasteiger partial charge on any atom is -0.489 e. The van der Waals surface area contributed by atoms with Crippen molar-refractivity contribution in [3.05, 3.63) is 102 Å². The van der Waals surface area contributed by atoms with Gasteiger partial charge in [0.1, 0.15) is 12.4 Å². The lowest BCUT2D eigenvalue weighted by Crippen LogP contribution is -2.37. The van der Waals surface area contributed by atoms with Crippen LogP contribution in [0, 0.1) is 5.92 Å². The topological polar surface area (TPSA) is 41.5 Å². The first-order valence-corrected chi connectivity index (χ1v) is 11.9. The fraction of sp³-hybridized carbons (Fsp3) is 0.379. The van der Waals surface area contributed by atoms with Crippen molar-refractivity contribution in [1.82, 2.24) is 5.32 Å². The average Bonchev–Trinajstić information content (AvgIpc) is 2.87. The van der Waals surface area contributed by atoms with Crippen LogP contribution in [0.2, 0.25) is 0 Å². The third-order valence-corrected chi connectivity index (χ3v) is 6.65. The highest BCUT2D eigenvalue weighted by Gasteiger charge is 2.23. The molecule has 3 aromatic carbocycles. The maximum Gasteiger partial charge on any atom is 0.119 e. The molecule has 32 heavy (non-hydrogen) atoms. The van der Waals surface area contributed by atoms with Crippen molar-refractivity contribution in [2.24, 2.45) is 5.92 Å². The van der Waals surface area contributed by atoms with Gasteiger partial charge in [-0.25, -0.2) is 0 Å². The van der Waals surface area contributed by atoms with E-state index < -0.39 is 0 Å². The van der Waals surface area contributed by atoms with Crippen LogP contribution in [0.1, 0.15) is 48.3 Å². The summed E-state index contributed by atoms with van der Waals surface area (Å²) >= 11 is 0. The number of ether oxygens (including phenoxy) is 1. The molecule has 0 radical (unpaired) electrons. The third kappa shape index (κ3) is 6.69. The Morgan fingerprint density at radius 1 is 0.781 bits per heavy atom. The lowest BCUT2D eigenvalue weighted by atomic mass is 9.81. The van der Waals surface area contributed by atoms with E-state index in [1.807, 2.05) is 24.3 Å². The van der Waals surface area contributed by atoms with Crippen LogP contribution in [0.3, 0.4) is 0 Å². The first-order valence-electron chi connectivity index (χ1n) is 11.9. The maximum absolute atomic E-state index is 9.78. The molecular formula is C29H35NO2. The van der Waals surface area contributed by atoms with E-state index in [1.54, 1.807) is 0 Å². The van der Waals surface area contributed by atoms with Gasteiger partial charge in [0.15, 0.2) is 0 Å². The standard InChI is InChI=1S/C29H35NO2/c31-21-25(19-23-7-3-1-4-8-23)20-30-28-15-11-26(12-16-28)27-13-17-29(18-14-27)32-22-24-9-5-2-6-10-24/h1-10,13-14,17-18,25-26,28,30-31H,11-12,15-16,19-22H2/t25?,26-,28-. The van der Waals surface area contributed by atoms with E-state index in [1.165, 1.54) is 42.4 Å². The van der Waals surface area contributed by atoms with Crippen molar-refractivity contribution in [3.8, 4) is 5.75 Å². The van der Waals surface area contributed by atoms with E-state index in [9.17, 15) is 5.11 Å². The zero-order valence-electron chi connectivity index (χ0n) is 18.8. The Hall–Kier alpha value is -2.62. The van der Waals surface area contributed by atoms with Gasteiger partial charge in [0, 0.05) is 19.2 Å². The van der Waals surface area contributed by atoms with Gasteiger partial charge in [-0.3, -0.25) is 0 Å². The van der Waals surface area contributed by atoms with Crippen LogP contribution in [0.4, 0.5) is 0 Å². The molecule has 0 saturated heterocycles. The molecule has 1 atom stereocenters. The number of hydrogen-bond donors (Lipinski definition) is 2. The lowest BCUT2D eigenvalue weighted by Gasteiger charge is -2.30. The molecule has 3 aromatic rings. The van der Waals surface area contributed by atoms with Crippen LogP contribution in [-0.2, 0) is 13.0 Å². The van der Waals surface area contributed by atoms with Crippen LogP contribution in [0.5, 0.6) is 5.75 Å². The van der Waals surface area contributed by atoms with Gasteiger partial charge in [-0.15, -0.1) is 0 Å². The van der Waals surface area contributed by atoms with E-state index in [2.05, 4.69) is 66.0 Å². The first kappa shape index (κ1) is 22.6. The number of hydrogen-bond acceptors (Lipinski definition) is 3. The molecule has 1 saturated carbocycles. The third-order valence-electron chi connectivity index (χ3n) is 6.65. The van der Waals surface area contributed by atoms with E-state index in [0.717, 1.165) is 18.7 Å². The van der Waals surface area contributed by atoms with E-state index in [0.29, 0.717) is 18.6 Å². The summed E-state index contributed by atoms with van der Waals surface area (Å²) in [5, 5.41) is 13.5. The van der Waals surface area contributed by atoms with Crippen LogP contribution in [-0.4, -0.2) is 24.3 Å². The number of aliphatic hydroxyl groups excluding tert-OH is 1. The molecule has 3 nitrogen and oxygen atoms in total. The molecule has 168 valence electrons. The normalized spacial score (nSPS) is 19.4. The molecule has 1 aliphatic carbocycles. The Kier molecular flexibility index (Phi) is 8.35. The molecule has 1 unspecified atom stereocenters. The molecule has 1 aliphatic rings. The number of benzene rings is 3. The fourth-order valence-corrected chi connectivity index (χ4v) is 4.69. The molecule has 1 fully saturated rings. The average molecular weight is 430 g/mol. The van der Waals surface area contributed by atoms with Gasteiger partial charge >= 0.3 is 0 Å². The molecule has 0 aliphatic heterocycles. The smallest absolute Gasteiger partial charge is 0.119 e.